The van der Waals surface area contributed by atoms with E-state index in [1.807, 2.05) is 19.9 Å². The quantitative estimate of drug-likeness (QED) is 0.616. The average molecular weight is 447 g/mol. The second-order valence-corrected chi connectivity index (χ2v) is 7.62. The number of hydrogen-bond acceptors (Lipinski definition) is 6. The number of esters is 1. The number of amides is 1. The zero-order chi connectivity index (χ0) is 22.2. The predicted octanol–water partition coefficient (Wildman–Crippen LogP) is 4.07. The molecular weight excluding hydrogens is 420 g/mol. The van der Waals surface area contributed by atoms with E-state index in [9.17, 15) is 9.59 Å². The van der Waals surface area contributed by atoms with Crippen LogP contribution in [-0.4, -0.2) is 51.4 Å². The van der Waals surface area contributed by atoms with Gasteiger partial charge >= 0.3 is 5.97 Å². The zero-order valence-electron chi connectivity index (χ0n) is 17.8. The Balaban J connectivity index is 1.70. The highest BCUT2D eigenvalue weighted by Gasteiger charge is 2.21. The second-order valence-electron chi connectivity index (χ2n) is 7.22. The number of aryl methyl sites for hydroxylation is 1. The van der Waals surface area contributed by atoms with Gasteiger partial charge in [0.1, 0.15) is 5.75 Å². The van der Waals surface area contributed by atoms with Gasteiger partial charge < -0.3 is 24.4 Å². The lowest BCUT2D eigenvalue weighted by molar-refractivity contribution is -0.118. The molecule has 2 aromatic rings. The highest BCUT2D eigenvalue weighted by atomic mass is 35.5. The molecule has 3 rings (SSSR count). The third-order valence-electron chi connectivity index (χ3n) is 4.79. The van der Waals surface area contributed by atoms with Crippen LogP contribution in [0.25, 0.3) is 0 Å². The van der Waals surface area contributed by atoms with E-state index in [4.69, 9.17) is 25.8 Å². The molecule has 31 heavy (non-hydrogen) atoms. The van der Waals surface area contributed by atoms with Crippen LogP contribution < -0.4 is 15.0 Å². The maximum absolute atomic E-state index is 12.6. The molecule has 7 nitrogen and oxygen atoms in total. The van der Waals surface area contributed by atoms with E-state index in [0.29, 0.717) is 54.9 Å². The number of ether oxygens (including phenoxy) is 3. The third kappa shape index (κ3) is 6.35. The summed E-state index contributed by atoms with van der Waals surface area (Å²) in [7, 11) is 0. The molecule has 1 fully saturated rings. The average Bonchev–Trinajstić information content (AvgIpc) is 2.78. The molecule has 2 aromatic carbocycles. The molecule has 1 aliphatic rings. The first kappa shape index (κ1) is 22.9. The topological polar surface area (TPSA) is 77.1 Å². The second kappa shape index (κ2) is 11.0. The summed E-state index contributed by atoms with van der Waals surface area (Å²) in [6.45, 7) is 6.56. The van der Waals surface area contributed by atoms with Gasteiger partial charge in [-0.05, 0) is 55.3 Å². The number of nitrogens with one attached hydrogen (secondary N) is 1. The number of benzene rings is 2. The van der Waals surface area contributed by atoms with E-state index in [0.717, 1.165) is 17.7 Å². The molecule has 1 heterocycles. The minimum atomic E-state index is -0.410. The first-order valence-corrected chi connectivity index (χ1v) is 10.7. The summed E-state index contributed by atoms with van der Waals surface area (Å²) in [5.74, 6) is -0.185. The Morgan fingerprint density at radius 3 is 2.65 bits per heavy atom. The van der Waals surface area contributed by atoms with Gasteiger partial charge in [0.25, 0.3) is 5.91 Å². The van der Waals surface area contributed by atoms with Crippen LogP contribution in [-0.2, 0) is 14.3 Å². The summed E-state index contributed by atoms with van der Waals surface area (Å²) in [5, 5.41) is 3.42. The molecule has 0 aromatic heterocycles. The molecule has 0 unspecified atom stereocenters. The molecule has 0 atom stereocenters. The van der Waals surface area contributed by atoms with Crippen molar-refractivity contribution in [2.24, 2.45) is 0 Å². The van der Waals surface area contributed by atoms with Crippen LogP contribution in [0.4, 0.5) is 11.4 Å². The maximum Gasteiger partial charge on any atom is 0.340 e. The van der Waals surface area contributed by atoms with Crippen molar-refractivity contribution >= 4 is 34.9 Å². The molecule has 1 aliphatic heterocycles. The minimum absolute atomic E-state index is 0.165. The SMILES string of the molecule is CCCOC(=O)c1cc(NC(=O)COc2ccc(Cl)c(C)c2)ccc1N1CCOCC1. The summed E-state index contributed by atoms with van der Waals surface area (Å²) in [6, 6.07) is 10.4. The number of rotatable bonds is 8. The molecule has 0 spiro atoms. The van der Waals surface area contributed by atoms with Crippen LogP contribution in [0.3, 0.4) is 0 Å². The fourth-order valence-electron chi connectivity index (χ4n) is 3.18. The van der Waals surface area contributed by atoms with Crippen molar-refractivity contribution in [3.8, 4) is 5.75 Å². The largest absolute Gasteiger partial charge is 0.484 e. The summed E-state index contributed by atoms with van der Waals surface area (Å²) >= 11 is 6.01. The highest BCUT2D eigenvalue weighted by Crippen LogP contribution is 2.26. The number of anilines is 2. The van der Waals surface area contributed by atoms with Crippen LogP contribution in [0.5, 0.6) is 5.75 Å². The van der Waals surface area contributed by atoms with Gasteiger partial charge in [-0.2, -0.15) is 0 Å². The van der Waals surface area contributed by atoms with Crippen molar-refractivity contribution in [1.29, 1.82) is 0 Å². The van der Waals surface area contributed by atoms with Crippen molar-refractivity contribution in [2.45, 2.75) is 20.3 Å². The van der Waals surface area contributed by atoms with Crippen LogP contribution in [0.1, 0.15) is 29.3 Å². The highest BCUT2D eigenvalue weighted by molar-refractivity contribution is 6.31. The van der Waals surface area contributed by atoms with Crippen molar-refractivity contribution in [2.75, 3.05) is 49.7 Å². The molecule has 1 N–H and O–H groups in total. The molecular formula is C23H27ClN2O5. The number of hydrogen-bond donors (Lipinski definition) is 1. The van der Waals surface area contributed by atoms with Crippen LogP contribution in [0.2, 0.25) is 5.02 Å². The Bertz CT molecular complexity index is 928. The van der Waals surface area contributed by atoms with Gasteiger partial charge in [0.05, 0.1) is 31.1 Å². The summed E-state index contributed by atoms with van der Waals surface area (Å²) in [4.78, 5) is 27.1. The predicted molar refractivity (Wildman–Crippen MR) is 120 cm³/mol. The fraction of sp³-hybridized carbons (Fsp3) is 0.391. The first-order chi connectivity index (χ1) is 15.0. The van der Waals surface area contributed by atoms with Crippen LogP contribution in [0, 0.1) is 6.92 Å². The van der Waals surface area contributed by atoms with Crippen molar-refractivity contribution < 1.29 is 23.8 Å². The lowest BCUT2D eigenvalue weighted by Crippen LogP contribution is -2.37. The lowest BCUT2D eigenvalue weighted by atomic mass is 10.1. The normalized spacial score (nSPS) is 13.6. The van der Waals surface area contributed by atoms with Gasteiger partial charge in [0.15, 0.2) is 6.61 Å². The fourth-order valence-corrected chi connectivity index (χ4v) is 3.30. The van der Waals surface area contributed by atoms with E-state index in [1.54, 1.807) is 30.3 Å². The van der Waals surface area contributed by atoms with Gasteiger partial charge in [0, 0.05) is 23.8 Å². The van der Waals surface area contributed by atoms with Crippen molar-refractivity contribution in [3.05, 3.63) is 52.5 Å². The van der Waals surface area contributed by atoms with Gasteiger partial charge in [-0.25, -0.2) is 4.79 Å². The molecule has 0 aliphatic carbocycles. The Kier molecular flexibility index (Phi) is 8.14. The molecule has 166 valence electrons. The van der Waals surface area contributed by atoms with Crippen LogP contribution in [0.15, 0.2) is 36.4 Å². The van der Waals surface area contributed by atoms with Crippen molar-refractivity contribution in [3.63, 3.8) is 0 Å². The van der Waals surface area contributed by atoms with Crippen LogP contribution >= 0.6 is 11.6 Å². The summed E-state index contributed by atoms with van der Waals surface area (Å²) in [5.41, 5.74) is 2.56. The van der Waals surface area contributed by atoms with Crippen molar-refractivity contribution in [1.82, 2.24) is 0 Å². The van der Waals surface area contributed by atoms with E-state index in [2.05, 4.69) is 10.2 Å². The smallest absolute Gasteiger partial charge is 0.340 e. The molecule has 0 radical (unpaired) electrons. The van der Waals surface area contributed by atoms with Gasteiger partial charge in [-0.1, -0.05) is 18.5 Å². The Hall–Kier alpha value is -2.77. The number of halogens is 1. The zero-order valence-corrected chi connectivity index (χ0v) is 18.5. The Morgan fingerprint density at radius 1 is 1.16 bits per heavy atom. The number of carbonyl (C=O) groups is 2. The number of morpholine rings is 1. The standard InChI is InChI=1S/C23H27ClN2O5/c1-3-10-30-23(28)19-14-17(4-7-21(19)26-8-11-29-12-9-26)25-22(27)15-31-18-5-6-20(24)16(2)13-18/h4-7,13-14H,3,8-12,15H2,1-2H3,(H,25,27). The van der Waals surface area contributed by atoms with E-state index in [-0.39, 0.29) is 12.5 Å². The number of nitrogens with zero attached hydrogens (tertiary/aromatic N) is 1. The number of carbonyl (C=O) groups excluding carboxylic acids is 2. The molecule has 0 saturated carbocycles. The van der Waals surface area contributed by atoms with Gasteiger partial charge in [-0.3, -0.25) is 4.79 Å². The maximum atomic E-state index is 12.6. The Labute approximate surface area is 187 Å². The van der Waals surface area contributed by atoms with Gasteiger partial charge in [-0.15, -0.1) is 0 Å². The summed E-state index contributed by atoms with van der Waals surface area (Å²) in [6.07, 6.45) is 0.733. The van der Waals surface area contributed by atoms with E-state index in [1.165, 1.54) is 0 Å². The van der Waals surface area contributed by atoms with E-state index < -0.39 is 5.97 Å². The summed E-state index contributed by atoms with van der Waals surface area (Å²) < 4.78 is 16.3. The minimum Gasteiger partial charge on any atom is -0.484 e. The first-order valence-electron chi connectivity index (χ1n) is 10.3. The molecule has 8 heteroatoms. The molecule has 1 saturated heterocycles. The third-order valence-corrected chi connectivity index (χ3v) is 5.21. The molecule has 0 bridgehead atoms. The monoisotopic (exact) mass is 446 g/mol. The van der Waals surface area contributed by atoms with Gasteiger partial charge in [0.2, 0.25) is 0 Å². The Morgan fingerprint density at radius 2 is 1.94 bits per heavy atom. The van der Waals surface area contributed by atoms with E-state index >= 15 is 0 Å². The molecule has 1 amide bonds. The lowest BCUT2D eigenvalue weighted by Gasteiger charge is -2.30.